The second-order valence-electron chi connectivity index (χ2n) is 4.75. The molecule has 0 amide bonds. The lowest BCUT2D eigenvalue weighted by molar-refractivity contribution is 0.481. The van der Waals surface area contributed by atoms with Crippen LogP contribution in [0.25, 0.3) is 0 Å². The van der Waals surface area contributed by atoms with Gasteiger partial charge >= 0.3 is 0 Å². The van der Waals surface area contributed by atoms with Gasteiger partial charge in [0.05, 0.1) is 6.54 Å². The van der Waals surface area contributed by atoms with Gasteiger partial charge in [-0.15, -0.1) is 0 Å². The lowest BCUT2D eigenvalue weighted by Gasteiger charge is -2.18. The minimum atomic E-state index is 0.538. The van der Waals surface area contributed by atoms with E-state index < -0.39 is 0 Å². The molecule has 0 aliphatic carbocycles. The van der Waals surface area contributed by atoms with Gasteiger partial charge in [0.15, 0.2) is 0 Å². The van der Waals surface area contributed by atoms with Crippen molar-refractivity contribution in [1.82, 2.24) is 4.98 Å². The third-order valence-corrected chi connectivity index (χ3v) is 3.10. The molecule has 4 nitrogen and oxygen atoms in total. The van der Waals surface area contributed by atoms with E-state index >= 15 is 0 Å². The Kier molecular flexibility index (Phi) is 4.22. The standard InChI is InChI=1S/C15H21N3O/c1-4-13-7-12(9-16)8-15(17-13)18(3)10-14-6-5-11(2)19-14/h5-8H,4,9-10,16H2,1-3H3. The molecular formula is C15H21N3O. The van der Waals surface area contributed by atoms with E-state index in [0.717, 1.165) is 35.0 Å². The maximum atomic E-state index is 5.73. The first-order chi connectivity index (χ1) is 9.12. The largest absolute Gasteiger partial charge is 0.464 e. The maximum absolute atomic E-state index is 5.73. The van der Waals surface area contributed by atoms with Gasteiger partial charge in [0.1, 0.15) is 17.3 Å². The Bertz CT molecular complexity index is 526. The fraction of sp³-hybridized carbons (Fsp3) is 0.400. The Morgan fingerprint density at radius 1 is 1.32 bits per heavy atom. The van der Waals surface area contributed by atoms with Crippen molar-refractivity contribution >= 4 is 5.82 Å². The highest BCUT2D eigenvalue weighted by atomic mass is 16.3. The molecule has 0 saturated heterocycles. The molecule has 19 heavy (non-hydrogen) atoms. The number of aryl methyl sites for hydroxylation is 2. The number of nitrogens with two attached hydrogens (primary N) is 1. The van der Waals surface area contributed by atoms with Crippen LogP contribution in [0.3, 0.4) is 0 Å². The summed E-state index contributed by atoms with van der Waals surface area (Å²) in [6, 6.07) is 8.08. The van der Waals surface area contributed by atoms with Crippen LogP contribution in [0, 0.1) is 6.92 Å². The van der Waals surface area contributed by atoms with Crippen molar-refractivity contribution in [3.8, 4) is 0 Å². The minimum absolute atomic E-state index is 0.538. The van der Waals surface area contributed by atoms with Crippen LogP contribution < -0.4 is 10.6 Å². The van der Waals surface area contributed by atoms with Crippen LogP contribution in [-0.2, 0) is 19.5 Å². The van der Waals surface area contributed by atoms with Gasteiger partial charge in [-0.1, -0.05) is 6.92 Å². The van der Waals surface area contributed by atoms with E-state index in [1.165, 1.54) is 0 Å². The van der Waals surface area contributed by atoms with Crippen LogP contribution in [0.15, 0.2) is 28.7 Å². The molecule has 2 N–H and O–H groups in total. The van der Waals surface area contributed by atoms with Gasteiger partial charge in [-0.3, -0.25) is 0 Å². The van der Waals surface area contributed by atoms with E-state index in [1.807, 2.05) is 32.2 Å². The zero-order valence-electron chi connectivity index (χ0n) is 11.8. The van der Waals surface area contributed by atoms with E-state index in [0.29, 0.717) is 13.1 Å². The van der Waals surface area contributed by atoms with Crippen molar-refractivity contribution in [2.24, 2.45) is 5.73 Å². The van der Waals surface area contributed by atoms with Crippen molar-refractivity contribution in [2.75, 3.05) is 11.9 Å². The predicted molar refractivity (Wildman–Crippen MR) is 77.1 cm³/mol. The molecule has 0 fully saturated rings. The van der Waals surface area contributed by atoms with Gasteiger partial charge in [0.25, 0.3) is 0 Å². The van der Waals surface area contributed by atoms with Crippen LogP contribution in [-0.4, -0.2) is 12.0 Å². The van der Waals surface area contributed by atoms with Crippen LogP contribution in [0.4, 0.5) is 5.82 Å². The highest BCUT2D eigenvalue weighted by Gasteiger charge is 2.08. The third-order valence-electron chi connectivity index (χ3n) is 3.10. The van der Waals surface area contributed by atoms with Gasteiger partial charge in [-0.2, -0.15) is 0 Å². The molecule has 0 bridgehead atoms. The van der Waals surface area contributed by atoms with E-state index in [4.69, 9.17) is 10.2 Å². The topological polar surface area (TPSA) is 55.3 Å². The van der Waals surface area contributed by atoms with Crippen LogP contribution >= 0.6 is 0 Å². The Balaban J connectivity index is 2.20. The first-order valence-corrected chi connectivity index (χ1v) is 6.58. The summed E-state index contributed by atoms with van der Waals surface area (Å²) < 4.78 is 5.59. The normalized spacial score (nSPS) is 10.7. The maximum Gasteiger partial charge on any atom is 0.129 e. The molecule has 0 aromatic carbocycles. The molecule has 0 aliphatic heterocycles. The van der Waals surface area contributed by atoms with Crippen molar-refractivity contribution in [2.45, 2.75) is 33.4 Å². The minimum Gasteiger partial charge on any atom is -0.464 e. The van der Waals surface area contributed by atoms with Crippen molar-refractivity contribution < 1.29 is 4.42 Å². The summed E-state index contributed by atoms with van der Waals surface area (Å²) in [6.45, 7) is 5.29. The predicted octanol–water partition coefficient (Wildman–Crippen LogP) is 2.64. The molecule has 0 unspecified atom stereocenters. The number of hydrogen-bond donors (Lipinski definition) is 1. The fourth-order valence-corrected chi connectivity index (χ4v) is 2.01. The number of nitrogens with zero attached hydrogens (tertiary/aromatic N) is 2. The number of rotatable bonds is 5. The van der Waals surface area contributed by atoms with Gasteiger partial charge < -0.3 is 15.1 Å². The Hall–Kier alpha value is -1.81. The lowest BCUT2D eigenvalue weighted by Crippen LogP contribution is -2.18. The average molecular weight is 259 g/mol. The average Bonchev–Trinajstić information content (AvgIpc) is 2.83. The molecule has 102 valence electrons. The number of aromatic nitrogens is 1. The lowest BCUT2D eigenvalue weighted by atomic mass is 10.2. The molecule has 0 atom stereocenters. The molecule has 0 saturated carbocycles. The summed E-state index contributed by atoms with van der Waals surface area (Å²) in [6.07, 6.45) is 0.911. The van der Waals surface area contributed by atoms with Crippen LogP contribution in [0.5, 0.6) is 0 Å². The zero-order chi connectivity index (χ0) is 13.8. The molecule has 2 aromatic rings. The van der Waals surface area contributed by atoms with Crippen molar-refractivity contribution in [1.29, 1.82) is 0 Å². The van der Waals surface area contributed by atoms with Crippen molar-refractivity contribution in [3.05, 3.63) is 47.0 Å². The van der Waals surface area contributed by atoms with Gasteiger partial charge in [-0.05, 0) is 43.2 Å². The van der Waals surface area contributed by atoms with Gasteiger partial charge in [0, 0.05) is 19.3 Å². The molecule has 2 rings (SSSR count). The van der Waals surface area contributed by atoms with E-state index in [2.05, 4.69) is 22.9 Å². The Labute approximate surface area is 114 Å². The van der Waals surface area contributed by atoms with Gasteiger partial charge in [0.2, 0.25) is 0 Å². The second-order valence-corrected chi connectivity index (χ2v) is 4.75. The summed E-state index contributed by atoms with van der Waals surface area (Å²) in [5.41, 5.74) is 7.92. The number of furan rings is 1. The smallest absolute Gasteiger partial charge is 0.129 e. The molecule has 0 aliphatic rings. The quantitative estimate of drug-likeness (QED) is 0.897. The van der Waals surface area contributed by atoms with Gasteiger partial charge in [-0.25, -0.2) is 4.98 Å². The molecule has 2 heterocycles. The van der Waals surface area contributed by atoms with E-state index in [9.17, 15) is 0 Å². The molecule has 2 aromatic heterocycles. The van der Waals surface area contributed by atoms with Crippen LogP contribution in [0.1, 0.15) is 29.7 Å². The molecular weight excluding hydrogens is 238 g/mol. The van der Waals surface area contributed by atoms with E-state index in [1.54, 1.807) is 0 Å². The highest BCUT2D eigenvalue weighted by Crippen LogP contribution is 2.17. The Morgan fingerprint density at radius 2 is 2.11 bits per heavy atom. The number of pyridine rings is 1. The summed E-state index contributed by atoms with van der Waals surface area (Å²) in [5, 5.41) is 0. The van der Waals surface area contributed by atoms with E-state index in [-0.39, 0.29) is 0 Å². The molecule has 0 spiro atoms. The van der Waals surface area contributed by atoms with Crippen molar-refractivity contribution in [3.63, 3.8) is 0 Å². The number of hydrogen-bond acceptors (Lipinski definition) is 4. The first kappa shape index (κ1) is 13.6. The fourth-order valence-electron chi connectivity index (χ4n) is 2.01. The summed E-state index contributed by atoms with van der Waals surface area (Å²) in [4.78, 5) is 6.71. The third kappa shape index (κ3) is 3.35. The Morgan fingerprint density at radius 3 is 2.68 bits per heavy atom. The summed E-state index contributed by atoms with van der Waals surface area (Å²) in [5.74, 6) is 2.81. The summed E-state index contributed by atoms with van der Waals surface area (Å²) in [7, 11) is 2.01. The molecule has 4 heteroatoms. The molecule has 0 radical (unpaired) electrons. The highest BCUT2D eigenvalue weighted by molar-refractivity contribution is 5.42. The van der Waals surface area contributed by atoms with Crippen LogP contribution in [0.2, 0.25) is 0 Å². The zero-order valence-corrected chi connectivity index (χ0v) is 11.8. The second kappa shape index (κ2) is 5.89. The monoisotopic (exact) mass is 259 g/mol. The summed E-state index contributed by atoms with van der Waals surface area (Å²) >= 11 is 0. The SMILES string of the molecule is CCc1cc(CN)cc(N(C)Cc2ccc(C)o2)n1. The first-order valence-electron chi connectivity index (χ1n) is 6.58. The number of anilines is 1.